The van der Waals surface area contributed by atoms with Crippen LogP contribution in [0.4, 0.5) is 14.4 Å². The first kappa shape index (κ1) is 42.0. The number of phosphoric ester groups is 1. The van der Waals surface area contributed by atoms with Crippen molar-refractivity contribution in [3.8, 4) is 0 Å². The smallest absolute Gasteiger partial charge is 0.428 e. The molecule has 0 aromatic carbocycles. The van der Waals surface area contributed by atoms with Crippen LogP contribution >= 0.6 is 7.82 Å². The van der Waals surface area contributed by atoms with Gasteiger partial charge in [-0.3, -0.25) is 0 Å². The van der Waals surface area contributed by atoms with Gasteiger partial charge in [-0.2, -0.15) is 4.57 Å². The number of carbonyl (C=O) groups is 3. The minimum atomic E-state index is -5.21. The summed E-state index contributed by atoms with van der Waals surface area (Å²) in [5, 5.41) is 0. The van der Waals surface area contributed by atoms with Crippen LogP contribution in [-0.4, -0.2) is 35.3 Å². The van der Waals surface area contributed by atoms with Gasteiger partial charge >= 0.3 is 26.3 Å². The molecule has 11 heteroatoms. The van der Waals surface area contributed by atoms with Gasteiger partial charge in [0.15, 0.2) is 0 Å². The molecular formula is C33H63O10P. The molecule has 0 saturated carbocycles. The summed E-state index contributed by atoms with van der Waals surface area (Å²) in [5.41, 5.74) is -2.76. The lowest BCUT2D eigenvalue weighted by Gasteiger charge is -2.30. The summed E-state index contributed by atoms with van der Waals surface area (Å²) in [5.74, 6) is 0. The maximum Gasteiger partial charge on any atom is 0.661 e. The van der Waals surface area contributed by atoms with Gasteiger partial charge in [-0.1, -0.05) is 99.3 Å². The summed E-state index contributed by atoms with van der Waals surface area (Å²) in [7, 11) is -5.21. The number of carbonyl (C=O) groups excluding carboxylic acids is 3. The molecule has 0 heterocycles. The summed E-state index contributed by atoms with van der Waals surface area (Å²) < 4.78 is 45.2. The van der Waals surface area contributed by atoms with Crippen LogP contribution in [0.25, 0.3) is 0 Å². The van der Waals surface area contributed by atoms with Gasteiger partial charge in [0.05, 0.1) is 0 Å². The highest BCUT2D eigenvalue weighted by Gasteiger charge is 2.45. The summed E-state index contributed by atoms with van der Waals surface area (Å²) >= 11 is 0. The first-order valence-electron chi connectivity index (χ1n) is 17.0. The second kappa shape index (κ2) is 21.7. The van der Waals surface area contributed by atoms with Crippen molar-refractivity contribution in [2.24, 2.45) is 0 Å². The molecule has 0 fully saturated rings. The van der Waals surface area contributed by atoms with E-state index in [1.54, 1.807) is 20.8 Å². The van der Waals surface area contributed by atoms with Crippen molar-refractivity contribution >= 4 is 26.3 Å². The number of ether oxygens (including phenoxy) is 3. The van der Waals surface area contributed by atoms with E-state index in [0.29, 0.717) is 38.5 Å². The van der Waals surface area contributed by atoms with Crippen molar-refractivity contribution in [2.75, 3.05) is 0 Å². The van der Waals surface area contributed by atoms with Crippen molar-refractivity contribution in [3.63, 3.8) is 0 Å². The Labute approximate surface area is 267 Å². The molecule has 0 aliphatic rings. The third-order valence-corrected chi connectivity index (χ3v) is 9.59. The van der Waals surface area contributed by atoms with Gasteiger partial charge in [-0.15, -0.1) is 0 Å². The molecule has 0 saturated heterocycles. The van der Waals surface area contributed by atoms with E-state index in [1.807, 2.05) is 20.8 Å². The van der Waals surface area contributed by atoms with E-state index < -0.39 is 43.1 Å². The number of phosphoric acid groups is 1. The highest BCUT2D eigenvalue weighted by atomic mass is 31.2. The van der Waals surface area contributed by atoms with Crippen LogP contribution in [0, 0.1) is 0 Å². The zero-order valence-electron chi connectivity index (χ0n) is 29.3. The monoisotopic (exact) mass is 650 g/mol. The first-order valence-corrected chi connectivity index (χ1v) is 18.5. The van der Waals surface area contributed by atoms with Crippen LogP contribution in [0.1, 0.15) is 178 Å². The summed E-state index contributed by atoms with van der Waals surface area (Å²) in [6, 6.07) is 0. The molecule has 0 aromatic heterocycles. The molecule has 0 aromatic rings. The van der Waals surface area contributed by atoms with E-state index in [1.165, 1.54) is 0 Å². The van der Waals surface area contributed by atoms with Crippen LogP contribution in [0.2, 0.25) is 0 Å². The molecule has 260 valence electrons. The van der Waals surface area contributed by atoms with Gasteiger partial charge in [0.2, 0.25) is 0 Å². The lowest BCUT2D eigenvalue weighted by molar-refractivity contribution is -0.0369. The molecule has 3 atom stereocenters. The van der Waals surface area contributed by atoms with Gasteiger partial charge in [-0.25, -0.2) is 14.4 Å². The molecule has 0 aliphatic heterocycles. The Bertz CT molecular complexity index is 771. The van der Waals surface area contributed by atoms with Crippen molar-refractivity contribution in [1.82, 2.24) is 0 Å². The topological polar surface area (TPSA) is 124 Å². The van der Waals surface area contributed by atoms with E-state index in [2.05, 4.69) is 20.8 Å². The Kier molecular flexibility index (Phi) is 20.8. The van der Waals surface area contributed by atoms with Crippen LogP contribution in [0.3, 0.4) is 0 Å². The maximum atomic E-state index is 13.7. The lowest BCUT2D eigenvalue weighted by atomic mass is 9.95. The Morgan fingerprint density at radius 2 is 0.705 bits per heavy atom. The van der Waals surface area contributed by atoms with Gasteiger partial charge in [0.25, 0.3) is 0 Å². The standard InChI is InChI=1S/C33H63O10P/c1-10-16-19-22-25-31(7,13-4)38-28(34)41-44(37,42-29(35)39-32(8,14-5)26-23-20-17-11-2)43-30(36)40-33(9,15-6)27-24-21-18-12-3/h10-27H2,1-9H3. The lowest BCUT2D eigenvalue weighted by Crippen LogP contribution is -2.34. The highest BCUT2D eigenvalue weighted by molar-refractivity contribution is 7.50. The van der Waals surface area contributed by atoms with Gasteiger partial charge in [-0.05, 0) is 78.6 Å². The van der Waals surface area contributed by atoms with E-state index in [0.717, 1.165) is 77.0 Å². The predicted octanol–water partition coefficient (Wildman–Crippen LogP) is 12.0. The molecule has 0 spiro atoms. The van der Waals surface area contributed by atoms with E-state index in [-0.39, 0.29) is 0 Å². The molecule has 0 bridgehead atoms. The Hall–Kier alpha value is -1.96. The van der Waals surface area contributed by atoms with Crippen molar-refractivity contribution in [2.45, 2.75) is 195 Å². The number of hydrogen-bond donors (Lipinski definition) is 0. The van der Waals surface area contributed by atoms with E-state index in [9.17, 15) is 18.9 Å². The van der Waals surface area contributed by atoms with Crippen LogP contribution in [0.15, 0.2) is 0 Å². The molecule has 0 aliphatic carbocycles. The van der Waals surface area contributed by atoms with Crippen molar-refractivity contribution < 1.29 is 46.7 Å². The van der Waals surface area contributed by atoms with Gasteiger partial charge in [0.1, 0.15) is 16.8 Å². The molecule has 0 N–H and O–H groups in total. The minimum absolute atomic E-state index is 0.462. The summed E-state index contributed by atoms with van der Waals surface area (Å²) in [4.78, 5) is 38.7. The van der Waals surface area contributed by atoms with Gasteiger partial charge in [0, 0.05) is 0 Å². The number of unbranched alkanes of at least 4 members (excludes halogenated alkanes) is 9. The zero-order chi connectivity index (χ0) is 33.7. The van der Waals surface area contributed by atoms with Gasteiger partial charge < -0.3 is 27.8 Å². The van der Waals surface area contributed by atoms with Crippen LogP contribution < -0.4 is 0 Å². The van der Waals surface area contributed by atoms with E-state index >= 15 is 0 Å². The largest absolute Gasteiger partial charge is 0.661 e. The molecular weight excluding hydrogens is 587 g/mol. The second-order valence-corrected chi connectivity index (χ2v) is 14.1. The fraction of sp³-hybridized carbons (Fsp3) is 0.909. The second-order valence-electron chi connectivity index (χ2n) is 12.6. The Morgan fingerprint density at radius 1 is 0.455 bits per heavy atom. The SMILES string of the molecule is CCCCCCC(C)(CC)OC(=O)OP(=O)(OC(=O)OC(C)(CC)CCCCCC)OC(=O)OC(C)(CC)CCCCCC. The minimum Gasteiger partial charge on any atom is -0.428 e. The predicted molar refractivity (Wildman–Crippen MR) is 173 cm³/mol. The average molecular weight is 651 g/mol. The van der Waals surface area contributed by atoms with Crippen molar-refractivity contribution in [1.29, 1.82) is 0 Å². The molecule has 10 nitrogen and oxygen atoms in total. The summed E-state index contributed by atoms with van der Waals surface area (Å²) in [6.07, 6.45) is 10.6. The van der Waals surface area contributed by atoms with Crippen molar-refractivity contribution in [3.05, 3.63) is 0 Å². The molecule has 44 heavy (non-hydrogen) atoms. The fourth-order valence-electron chi connectivity index (χ4n) is 4.67. The van der Waals surface area contributed by atoms with Crippen LogP contribution in [0.5, 0.6) is 0 Å². The number of hydrogen-bond acceptors (Lipinski definition) is 10. The zero-order valence-corrected chi connectivity index (χ0v) is 30.2. The van der Waals surface area contributed by atoms with E-state index in [4.69, 9.17) is 27.8 Å². The third kappa shape index (κ3) is 18.1. The quantitative estimate of drug-likeness (QED) is 0.0431. The molecule has 3 unspecified atom stereocenters. The Morgan fingerprint density at radius 3 is 0.909 bits per heavy atom. The first-order chi connectivity index (χ1) is 20.7. The molecule has 0 amide bonds. The average Bonchev–Trinajstić information content (AvgIpc) is 2.95. The molecule has 0 radical (unpaired) electrons. The highest BCUT2D eigenvalue weighted by Crippen LogP contribution is 2.52. The Balaban J connectivity index is 5.81. The maximum absolute atomic E-state index is 13.7. The fourth-order valence-corrected chi connectivity index (χ4v) is 5.44. The number of rotatable bonds is 24. The normalized spacial score (nSPS) is 16.8. The van der Waals surface area contributed by atoms with Crippen LogP contribution in [-0.2, 0) is 32.3 Å². The molecule has 0 rings (SSSR count). The summed E-state index contributed by atoms with van der Waals surface area (Å²) in [6.45, 7) is 17.1. The third-order valence-electron chi connectivity index (χ3n) is 8.47.